The summed E-state index contributed by atoms with van der Waals surface area (Å²) in [6, 6.07) is 8.10. The van der Waals surface area contributed by atoms with Crippen molar-refractivity contribution in [2.45, 2.75) is 32.3 Å². The molecule has 0 fully saturated rings. The summed E-state index contributed by atoms with van der Waals surface area (Å²) < 4.78 is 1.07. The number of halogens is 1. The van der Waals surface area contributed by atoms with Gasteiger partial charge in [0.15, 0.2) is 0 Å². The maximum atomic E-state index is 9.66. The van der Waals surface area contributed by atoms with E-state index in [0.717, 1.165) is 10.9 Å². The van der Waals surface area contributed by atoms with E-state index in [1.165, 1.54) is 5.56 Å². The molecular formula is C11H15BrO. The average molecular weight is 243 g/mol. The Bertz CT molecular complexity index is 273. The minimum atomic E-state index is -0.241. The molecule has 0 amide bonds. The lowest BCUT2D eigenvalue weighted by molar-refractivity contribution is 0.145. The van der Waals surface area contributed by atoms with E-state index < -0.39 is 0 Å². The van der Waals surface area contributed by atoms with Crippen LogP contribution >= 0.6 is 15.9 Å². The molecule has 1 rings (SSSR count). The van der Waals surface area contributed by atoms with Crippen LogP contribution in [-0.2, 0) is 0 Å². The van der Waals surface area contributed by atoms with Gasteiger partial charge in [-0.05, 0) is 24.1 Å². The molecule has 0 bridgehead atoms. The summed E-state index contributed by atoms with van der Waals surface area (Å²) >= 11 is 3.42. The fraction of sp³-hybridized carbons (Fsp3) is 0.455. The second-order valence-corrected chi connectivity index (χ2v) is 4.23. The Morgan fingerprint density at radius 2 is 2.15 bits per heavy atom. The third-order valence-corrected chi connectivity index (χ3v) is 2.86. The van der Waals surface area contributed by atoms with Crippen molar-refractivity contribution < 1.29 is 5.11 Å². The number of hydrogen-bond acceptors (Lipinski definition) is 1. The van der Waals surface area contributed by atoms with Crippen molar-refractivity contribution in [3.8, 4) is 0 Å². The van der Waals surface area contributed by atoms with Gasteiger partial charge in [-0.1, -0.05) is 41.9 Å². The molecule has 0 saturated heterocycles. The van der Waals surface area contributed by atoms with Crippen molar-refractivity contribution in [3.63, 3.8) is 0 Å². The highest BCUT2D eigenvalue weighted by Gasteiger charge is 2.13. The molecular weight excluding hydrogens is 228 g/mol. The van der Waals surface area contributed by atoms with Gasteiger partial charge in [0.05, 0.1) is 6.10 Å². The van der Waals surface area contributed by atoms with Crippen LogP contribution in [0.3, 0.4) is 0 Å². The normalized spacial score (nSPS) is 15.4. The lowest BCUT2D eigenvalue weighted by Gasteiger charge is -2.17. The average Bonchev–Trinajstić information content (AvgIpc) is 2.15. The van der Waals surface area contributed by atoms with Crippen LogP contribution in [0.2, 0.25) is 0 Å². The van der Waals surface area contributed by atoms with E-state index in [-0.39, 0.29) is 12.0 Å². The monoisotopic (exact) mass is 242 g/mol. The quantitative estimate of drug-likeness (QED) is 0.863. The van der Waals surface area contributed by atoms with Gasteiger partial charge in [-0.25, -0.2) is 0 Å². The Balaban J connectivity index is 2.82. The molecule has 1 aromatic rings. The summed E-state index contributed by atoms with van der Waals surface area (Å²) in [4.78, 5) is 0. The third kappa shape index (κ3) is 2.82. The van der Waals surface area contributed by atoms with Crippen molar-refractivity contribution in [2.24, 2.45) is 0 Å². The second kappa shape index (κ2) is 4.77. The van der Waals surface area contributed by atoms with Crippen molar-refractivity contribution in [3.05, 3.63) is 34.3 Å². The summed E-state index contributed by atoms with van der Waals surface area (Å²) in [7, 11) is 0. The number of hydrogen-bond donors (Lipinski definition) is 1. The fourth-order valence-electron chi connectivity index (χ4n) is 1.37. The minimum absolute atomic E-state index is 0.211. The van der Waals surface area contributed by atoms with Gasteiger partial charge in [-0.2, -0.15) is 0 Å². The van der Waals surface area contributed by atoms with Gasteiger partial charge < -0.3 is 5.11 Å². The van der Waals surface area contributed by atoms with Crippen LogP contribution in [-0.4, -0.2) is 11.2 Å². The molecule has 2 atom stereocenters. The van der Waals surface area contributed by atoms with E-state index in [2.05, 4.69) is 28.9 Å². The van der Waals surface area contributed by atoms with Gasteiger partial charge in [0, 0.05) is 10.4 Å². The van der Waals surface area contributed by atoms with E-state index in [1.807, 2.05) is 25.1 Å². The fourth-order valence-corrected chi connectivity index (χ4v) is 1.78. The highest BCUT2D eigenvalue weighted by molar-refractivity contribution is 9.10. The van der Waals surface area contributed by atoms with Crippen molar-refractivity contribution in [1.82, 2.24) is 0 Å². The summed E-state index contributed by atoms with van der Waals surface area (Å²) in [6.07, 6.45) is 0.558. The van der Waals surface area contributed by atoms with Crippen molar-refractivity contribution >= 4 is 15.9 Å². The molecule has 1 nitrogen and oxygen atoms in total. The Morgan fingerprint density at radius 1 is 1.46 bits per heavy atom. The lowest BCUT2D eigenvalue weighted by Crippen LogP contribution is -2.14. The Labute approximate surface area is 87.9 Å². The molecule has 72 valence electrons. The molecule has 0 aliphatic heterocycles. The topological polar surface area (TPSA) is 20.2 Å². The molecule has 0 heterocycles. The minimum Gasteiger partial charge on any atom is -0.393 e. The highest BCUT2D eigenvalue weighted by atomic mass is 79.9. The van der Waals surface area contributed by atoms with E-state index in [9.17, 15) is 5.11 Å². The van der Waals surface area contributed by atoms with Crippen LogP contribution in [0.25, 0.3) is 0 Å². The Kier molecular flexibility index (Phi) is 3.94. The molecule has 0 aliphatic carbocycles. The molecule has 13 heavy (non-hydrogen) atoms. The molecule has 1 aromatic carbocycles. The van der Waals surface area contributed by atoms with Gasteiger partial charge in [0.25, 0.3) is 0 Å². The summed E-state index contributed by atoms with van der Waals surface area (Å²) in [5.74, 6) is 0.211. The third-order valence-electron chi connectivity index (χ3n) is 2.37. The SMILES string of the molecule is CCC(O)C(C)c1cccc(Br)c1. The van der Waals surface area contributed by atoms with Crippen LogP contribution in [0, 0.1) is 0 Å². The number of aliphatic hydroxyl groups is 1. The van der Waals surface area contributed by atoms with Crippen LogP contribution in [0.15, 0.2) is 28.7 Å². The first-order valence-corrected chi connectivity index (χ1v) is 5.38. The molecule has 2 heteroatoms. The number of aliphatic hydroxyl groups excluding tert-OH is 1. The van der Waals surface area contributed by atoms with E-state index >= 15 is 0 Å². The summed E-state index contributed by atoms with van der Waals surface area (Å²) in [6.45, 7) is 4.05. The zero-order valence-corrected chi connectivity index (χ0v) is 9.58. The molecule has 0 spiro atoms. The maximum absolute atomic E-state index is 9.66. The highest BCUT2D eigenvalue weighted by Crippen LogP contribution is 2.23. The van der Waals surface area contributed by atoms with Crippen LogP contribution in [0.4, 0.5) is 0 Å². The largest absolute Gasteiger partial charge is 0.393 e. The van der Waals surface area contributed by atoms with Gasteiger partial charge in [-0.3, -0.25) is 0 Å². The maximum Gasteiger partial charge on any atom is 0.0603 e. The Morgan fingerprint density at radius 3 is 2.69 bits per heavy atom. The predicted octanol–water partition coefficient (Wildman–Crippen LogP) is 3.32. The molecule has 1 N–H and O–H groups in total. The number of benzene rings is 1. The van der Waals surface area contributed by atoms with Gasteiger partial charge in [0.2, 0.25) is 0 Å². The first kappa shape index (κ1) is 10.7. The van der Waals surface area contributed by atoms with Crippen LogP contribution in [0.1, 0.15) is 31.7 Å². The van der Waals surface area contributed by atoms with Gasteiger partial charge in [-0.15, -0.1) is 0 Å². The zero-order chi connectivity index (χ0) is 9.84. The van der Waals surface area contributed by atoms with E-state index in [1.54, 1.807) is 0 Å². The molecule has 0 saturated carbocycles. The van der Waals surface area contributed by atoms with E-state index in [4.69, 9.17) is 0 Å². The smallest absolute Gasteiger partial charge is 0.0603 e. The van der Waals surface area contributed by atoms with Crippen LogP contribution in [0.5, 0.6) is 0 Å². The van der Waals surface area contributed by atoms with Crippen molar-refractivity contribution in [1.29, 1.82) is 0 Å². The van der Waals surface area contributed by atoms with Crippen LogP contribution < -0.4 is 0 Å². The number of rotatable bonds is 3. The second-order valence-electron chi connectivity index (χ2n) is 3.32. The molecule has 2 unspecified atom stereocenters. The van der Waals surface area contributed by atoms with E-state index in [0.29, 0.717) is 0 Å². The first-order chi connectivity index (χ1) is 6.15. The van der Waals surface area contributed by atoms with Gasteiger partial charge in [0.1, 0.15) is 0 Å². The lowest BCUT2D eigenvalue weighted by atomic mass is 9.94. The van der Waals surface area contributed by atoms with Crippen molar-refractivity contribution in [2.75, 3.05) is 0 Å². The summed E-state index contributed by atoms with van der Waals surface area (Å²) in [5, 5.41) is 9.66. The molecule has 0 radical (unpaired) electrons. The molecule has 0 aliphatic rings. The molecule has 0 aromatic heterocycles. The standard InChI is InChI=1S/C11H15BrO/c1-3-11(13)8(2)9-5-4-6-10(12)7-9/h4-8,11,13H,3H2,1-2H3. The zero-order valence-electron chi connectivity index (χ0n) is 8.00. The first-order valence-electron chi connectivity index (χ1n) is 4.58. The van der Waals surface area contributed by atoms with Gasteiger partial charge >= 0.3 is 0 Å². The predicted molar refractivity (Wildman–Crippen MR) is 58.9 cm³/mol. The summed E-state index contributed by atoms with van der Waals surface area (Å²) in [5.41, 5.74) is 1.18. The Hall–Kier alpha value is -0.340.